The Hall–Kier alpha value is -3.37. The summed E-state index contributed by atoms with van der Waals surface area (Å²) in [6, 6.07) is 24.0. The number of methoxy groups -OCH3 is 1. The minimum atomic E-state index is -1.39. The van der Waals surface area contributed by atoms with Crippen LogP contribution in [0, 0.1) is 0 Å². The molecule has 0 amide bonds. The first-order chi connectivity index (χ1) is 13.6. The Morgan fingerprint density at radius 2 is 1.68 bits per heavy atom. The molecule has 1 N–H and O–H groups in total. The molecule has 0 spiro atoms. The van der Waals surface area contributed by atoms with Crippen LogP contribution in [0.15, 0.2) is 84.9 Å². The fraction of sp³-hybridized carbons (Fsp3) is 0.125. The van der Waals surface area contributed by atoms with Crippen LogP contribution in [-0.2, 0) is 5.60 Å². The molecule has 1 aliphatic heterocycles. The van der Waals surface area contributed by atoms with Crippen molar-refractivity contribution < 1.29 is 19.4 Å². The van der Waals surface area contributed by atoms with Gasteiger partial charge in [-0.2, -0.15) is 0 Å². The van der Waals surface area contributed by atoms with E-state index in [9.17, 15) is 9.90 Å². The van der Waals surface area contributed by atoms with E-state index in [1.807, 2.05) is 66.7 Å². The topological polar surface area (TPSA) is 55.8 Å². The van der Waals surface area contributed by atoms with Crippen molar-refractivity contribution in [1.82, 2.24) is 0 Å². The lowest BCUT2D eigenvalue weighted by molar-refractivity contribution is -0.0212. The highest BCUT2D eigenvalue weighted by atomic mass is 16.5. The van der Waals surface area contributed by atoms with Gasteiger partial charge in [0.1, 0.15) is 11.5 Å². The molecule has 0 saturated carbocycles. The van der Waals surface area contributed by atoms with E-state index in [0.29, 0.717) is 22.6 Å². The molecule has 0 aliphatic carbocycles. The average Bonchev–Trinajstić information content (AvgIpc) is 2.76. The van der Waals surface area contributed by atoms with E-state index in [-0.39, 0.29) is 0 Å². The molecule has 3 aromatic carbocycles. The first-order valence-corrected chi connectivity index (χ1v) is 9.03. The van der Waals surface area contributed by atoms with Gasteiger partial charge in [0.05, 0.1) is 12.7 Å². The van der Waals surface area contributed by atoms with Crippen molar-refractivity contribution >= 4 is 11.9 Å². The molecule has 140 valence electrons. The third kappa shape index (κ3) is 3.08. The molecule has 4 heteroatoms. The number of ketones is 1. The number of rotatable bonds is 4. The minimum absolute atomic E-state index is 0.312. The number of carbonyl (C=O) groups is 1. The second-order valence-corrected chi connectivity index (χ2v) is 6.63. The number of aliphatic hydroxyl groups excluding tert-OH is 1. The number of hydrogen-bond acceptors (Lipinski definition) is 4. The van der Waals surface area contributed by atoms with E-state index < -0.39 is 17.5 Å². The predicted molar refractivity (Wildman–Crippen MR) is 108 cm³/mol. The van der Waals surface area contributed by atoms with Crippen molar-refractivity contribution in [2.24, 2.45) is 0 Å². The zero-order valence-electron chi connectivity index (χ0n) is 15.4. The largest absolute Gasteiger partial charge is 0.497 e. The Labute approximate surface area is 163 Å². The molecule has 1 aliphatic rings. The van der Waals surface area contributed by atoms with E-state index >= 15 is 0 Å². The number of hydrogen-bond donors (Lipinski definition) is 1. The molecule has 0 radical (unpaired) electrons. The maximum Gasteiger partial charge on any atom is 0.200 e. The van der Waals surface area contributed by atoms with Gasteiger partial charge in [-0.15, -0.1) is 0 Å². The lowest BCUT2D eigenvalue weighted by Crippen LogP contribution is -2.51. The zero-order valence-corrected chi connectivity index (χ0v) is 15.4. The Morgan fingerprint density at radius 1 is 1.00 bits per heavy atom. The smallest absolute Gasteiger partial charge is 0.200 e. The van der Waals surface area contributed by atoms with Gasteiger partial charge < -0.3 is 14.6 Å². The molecule has 0 fully saturated rings. The molecule has 0 aromatic heterocycles. The van der Waals surface area contributed by atoms with Crippen LogP contribution in [0.1, 0.15) is 21.5 Å². The van der Waals surface area contributed by atoms with Crippen LogP contribution in [0.5, 0.6) is 11.5 Å². The van der Waals surface area contributed by atoms with Gasteiger partial charge in [0, 0.05) is 5.56 Å². The highest BCUT2D eigenvalue weighted by Crippen LogP contribution is 2.42. The lowest BCUT2D eigenvalue weighted by atomic mass is 9.81. The standard InChI is InChI=1S/C24H20O4/c1-27-19-12-13-21-20(16-19)22(25)23(26)24(28-21,18-10-6-3-7-11-18)15-14-17-8-4-2-5-9-17/h2-16,23,26H,1H3/b15-14+/t23-,24+/m1/s1. The number of Topliss-reactive ketones (excluding diaryl/α,β-unsaturated/α-hetero) is 1. The average molecular weight is 372 g/mol. The number of carbonyl (C=O) groups excluding carboxylic acids is 1. The zero-order chi connectivity index (χ0) is 19.6. The molecule has 0 saturated heterocycles. The first kappa shape index (κ1) is 18.0. The molecule has 1 heterocycles. The summed E-state index contributed by atoms with van der Waals surface area (Å²) in [5, 5.41) is 11.1. The van der Waals surface area contributed by atoms with Crippen molar-refractivity contribution in [2.45, 2.75) is 11.7 Å². The predicted octanol–water partition coefficient (Wildman–Crippen LogP) is 4.24. The van der Waals surface area contributed by atoms with Gasteiger partial charge in [-0.25, -0.2) is 0 Å². The van der Waals surface area contributed by atoms with Crippen molar-refractivity contribution in [3.05, 3.63) is 102 Å². The van der Waals surface area contributed by atoms with E-state index in [1.54, 1.807) is 24.3 Å². The fourth-order valence-corrected chi connectivity index (χ4v) is 3.42. The van der Waals surface area contributed by atoms with E-state index in [1.165, 1.54) is 7.11 Å². The third-order valence-electron chi connectivity index (χ3n) is 4.93. The van der Waals surface area contributed by atoms with Crippen molar-refractivity contribution in [2.75, 3.05) is 7.11 Å². The van der Waals surface area contributed by atoms with Crippen LogP contribution in [0.2, 0.25) is 0 Å². The van der Waals surface area contributed by atoms with Crippen LogP contribution in [0.25, 0.3) is 6.08 Å². The van der Waals surface area contributed by atoms with Crippen LogP contribution in [0.4, 0.5) is 0 Å². The summed E-state index contributed by atoms with van der Waals surface area (Å²) in [4.78, 5) is 13.1. The van der Waals surface area contributed by atoms with Gasteiger partial charge in [0.2, 0.25) is 0 Å². The minimum Gasteiger partial charge on any atom is -0.497 e. The molecule has 2 atom stereocenters. The quantitative estimate of drug-likeness (QED) is 0.744. The number of fused-ring (bicyclic) bond motifs is 1. The molecule has 28 heavy (non-hydrogen) atoms. The highest BCUT2D eigenvalue weighted by molar-refractivity contribution is 6.04. The molecule has 0 bridgehead atoms. The van der Waals surface area contributed by atoms with E-state index in [0.717, 1.165) is 5.56 Å². The van der Waals surface area contributed by atoms with E-state index in [4.69, 9.17) is 9.47 Å². The molecular formula is C24H20O4. The summed E-state index contributed by atoms with van der Waals surface area (Å²) in [5.41, 5.74) is 0.632. The lowest BCUT2D eigenvalue weighted by Gasteiger charge is -2.40. The maximum atomic E-state index is 13.1. The molecule has 4 nitrogen and oxygen atoms in total. The van der Waals surface area contributed by atoms with Gasteiger partial charge in [-0.3, -0.25) is 4.79 Å². The summed E-state index contributed by atoms with van der Waals surface area (Å²) >= 11 is 0. The number of aliphatic hydroxyl groups is 1. The summed E-state index contributed by atoms with van der Waals surface area (Å²) in [5.74, 6) is 0.550. The normalized spacial score (nSPS) is 21.2. The van der Waals surface area contributed by atoms with E-state index in [2.05, 4.69) is 0 Å². The highest BCUT2D eigenvalue weighted by Gasteiger charge is 2.48. The van der Waals surface area contributed by atoms with Crippen LogP contribution in [-0.4, -0.2) is 24.1 Å². The summed E-state index contributed by atoms with van der Waals surface area (Å²) in [6.45, 7) is 0. The van der Waals surface area contributed by atoms with Gasteiger partial charge in [-0.05, 0) is 29.8 Å². The Kier molecular flexibility index (Phi) is 4.72. The fourth-order valence-electron chi connectivity index (χ4n) is 3.42. The maximum absolute atomic E-state index is 13.1. The Morgan fingerprint density at radius 3 is 2.36 bits per heavy atom. The number of benzene rings is 3. The SMILES string of the molecule is COc1ccc2c(c1)C(=O)[C@@H](O)[C@](/C=C/c1ccccc1)(c1ccccc1)O2. The Balaban J connectivity index is 1.86. The monoisotopic (exact) mass is 372 g/mol. The number of ether oxygens (including phenoxy) is 2. The van der Waals surface area contributed by atoms with Crippen molar-refractivity contribution in [3.63, 3.8) is 0 Å². The van der Waals surface area contributed by atoms with Gasteiger partial charge >= 0.3 is 0 Å². The molecular weight excluding hydrogens is 352 g/mol. The molecule has 3 aromatic rings. The van der Waals surface area contributed by atoms with Crippen molar-refractivity contribution in [3.8, 4) is 11.5 Å². The van der Waals surface area contributed by atoms with Gasteiger partial charge in [0.25, 0.3) is 0 Å². The summed E-state index contributed by atoms with van der Waals surface area (Å²) < 4.78 is 11.5. The summed E-state index contributed by atoms with van der Waals surface area (Å²) in [7, 11) is 1.53. The van der Waals surface area contributed by atoms with Crippen LogP contribution >= 0.6 is 0 Å². The van der Waals surface area contributed by atoms with Crippen LogP contribution < -0.4 is 9.47 Å². The second-order valence-electron chi connectivity index (χ2n) is 6.63. The third-order valence-corrected chi connectivity index (χ3v) is 4.93. The van der Waals surface area contributed by atoms with Crippen molar-refractivity contribution in [1.29, 1.82) is 0 Å². The van der Waals surface area contributed by atoms with Crippen LogP contribution in [0.3, 0.4) is 0 Å². The summed E-state index contributed by atoms with van der Waals surface area (Å²) in [6.07, 6.45) is 2.22. The molecule has 0 unspecified atom stereocenters. The first-order valence-electron chi connectivity index (χ1n) is 9.03. The van der Waals surface area contributed by atoms with Gasteiger partial charge in [-0.1, -0.05) is 66.7 Å². The Bertz CT molecular complexity index is 1010. The molecule has 4 rings (SSSR count). The van der Waals surface area contributed by atoms with Gasteiger partial charge in [0.15, 0.2) is 17.5 Å². The second kappa shape index (κ2) is 7.33.